The number of nitrogens with two attached hydrogens (primary N) is 1. The van der Waals surface area contributed by atoms with Crippen molar-refractivity contribution in [3.63, 3.8) is 0 Å². The lowest BCUT2D eigenvalue weighted by Gasteiger charge is -2.27. The second-order valence-electron chi connectivity index (χ2n) is 3.79. The normalized spacial score (nSPS) is 13.6. The lowest BCUT2D eigenvalue weighted by atomic mass is 9.81. The van der Waals surface area contributed by atoms with Crippen molar-refractivity contribution in [2.45, 2.75) is 19.9 Å². The third-order valence-electron chi connectivity index (χ3n) is 2.39. The summed E-state index contributed by atoms with van der Waals surface area (Å²) < 4.78 is 0. The number of aliphatic carboxylic acids is 1. The molecule has 0 saturated heterocycles. The SMILES string of the molecule is CC(C)(C(=O)O)C(N)c1ccncc1. The molecule has 1 rings (SSSR count). The standard InChI is InChI=1S/C10H14N2O2/c1-10(2,9(13)14)8(11)7-3-5-12-6-4-7/h3-6,8H,11H2,1-2H3,(H,13,14). The second kappa shape index (κ2) is 3.75. The Bertz CT molecular complexity index is 322. The minimum absolute atomic E-state index is 0.525. The van der Waals surface area contributed by atoms with Crippen molar-refractivity contribution in [1.82, 2.24) is 4.98 Å². The van der Waals surface area contributed by atoms with Crippen molar-refractivity contribution in [2.75, 3.05) is 0 Å². The van der Waals surface area contributed by atoms with Crippen LogP contribution in [0.5, 0.6) is 0 Å². The van der Waals surface area contributed by atoms with Crippen LogP contribution in [0.2, 0.25) is 0 Å². The van der Waals surface area contributed by atoms with E-state index in [1.54, 1.807) is 38.4 Å². The Balaban J connectivity index is 2.96. The summed E-state index contributed by atoms with van der Waals surface area (Å²) in [6.45, 7) is 3.22. The molecule has 1 atom stereocenters. The molecule has 1 aromatic heterocycles. The molecule has 0 aliphatic heterocycles. The zero-order valence-electron chi connectivity index (χ0n) is 8.27. The molecule has 76 valence electrons. The van der Waals surface area contributed by atoms with Crippen molar-refractivity contribution in [3.05, 3.63) is 30.1 Å². The second-order valence-corrected chi connectivity index (χ2v) is 3.79. The van der Waals surface area contributed by atoms with E-state index < -0.39 is 17.4 Å². The van der Waals surface area contributed by atoms with E-state index in [-0.39, 0.29) is 0 Å². The number of hydrogen-bond acceptors (Lipinski definition) is 3. The van der Waals surface area contributed by atoms with Gasteiger partial charge in [0.15, 0.2) is 0 Å². The fourth-order valence-electron chi connectivity index (χ4n) is 1.12. The molecule has 0 spiro atoms. The molecular formula is C10H14N2O2. The molecule has 1 aromatic rings. The fraction of sp³-hybridized carbons (Fsp3) is 0.400. The number of pyridine rings is 1. The Morgan fingerprint density at radius 2 is 2.00 bits per heavy atom. The highest BCUT2D eigenvalue weighted by Crippen LogP contribution is 2.30. The van der Waals surface area contributed by atoms with Crippen molar-refractivity contribution in [1.29, 1.82) is 0 Å². The van der Waals surface area contributed by atoms with Crippen LogP contribution < -0.4 is 5.73 Å². The summed E-state index contributed by atoms with van der Waals surface area (Å²) in [6.07, 6.45) is 3.21. The van der Waals surface area contributed by atoms with Crippen molar-refractivity contribution in [3.8, 4) is 0 Å². The topological polar surface area (TPSA) is 76.2 Å². The van der Waals surface area contributed by atoms with Gasteiger partial charge in [0.2, 0.25) is 0 Å². The average Bonchev–Trinajstić information content (AvgIpc) is 2.17. The van der Waals surface area contributed by atoms with Crippen LogP contribution in [0.4, 0.5) is 0 Å². The number of rotatable bonds is 3. The molecule has 4 heteroatoms. The molecular weight excluding hydrogens is 180 g/mol. The molecule has 0 aromatic carbocycles. The van der Waals surface area contributed by atoms with Gasteiger partial charge < -0.3 is 10.8 Å². The molecule has 3 N–H and O–H groups in total. The first-order chi connectivity index (χ1) is 6.46. The molecule has 1 heterocycles. The molecule has 0 aliphatic carbocycles. The maximum atomic E-state index is 10.9. The predicted molar refractivity (Wildman–Crippen MR) is 52.6 cm³/mol. The van der Waals surface area contributed by atoms with Crippen molar-refractivity contribution >= 4 is 5.97 Å². The number of carboxylic acid groups (broad SMARTS) is 1. The summed E-state index contributed by atoms with van der Waals surface area (Å²) in [5.74, 6) is -0.901. The van der Waals surface area contributed by atoms with Gasteiger partial charge in [-0.25, -0.2) is 0 Å². The van der Waals surface area contributed by atoms with Gasteiger partial charge in [-0.3, -0.25) is 9.78 Å². The Morgan fingerprint density at radius 1 is 1.50 bits per heavy atom. The van der Waals surface area contributed by atoms with Crippen LogP contribution in [0.3, 0.4) is 0 Å². The summed E-state index contributed by atoms with van der Waals surface area (Å²) in [6, 6.07) is 2.94. The largest absolute Gasteiger partial charge is 0.481 e. The third-order valence-corrected chi connectivity index (χ3v) is 2.39. The first-order valence-electron chi connectivity index (χ1n) is 4.35. The van der Waals surface area contributed by atoms with Crippen LogP contribution in [0, 0.1) is 5.41 Å². The Kier molecular flexibility index (Phi) is 2.86. The number of carboxylic acids is 1. The van der Waals surface area contributed by atoms with E-state index in [1.165, 1.54) is 0 Å². The summed E-state index contributed by atoms with van der Waals surface area (Å²) in [5.41, 5.74) is 5.68. The molecule has 0 aliphatic rings. The van der Waals surface area contributed by atoms with Gasteiger partial charge >= 0.3 is 5.97 Å². The van der Waals surface area contributed by atoms with Crippen LogP contribution >= 0.6 is 0 Å². The predicted octanol–water partition coefficient (Wildman–Crippen LogP) is 1.19. The van der Waals surface area contributed by atoms with Gasteiger partial charge in [0, 0.05) is 18.4 Å². The van der Waals surface area contributed by atoms with Gasteiger partial charge in [-0.2, -0.15) is 0 Å². The highest BCUT2D eigenvalue weighted by Gasteiger charge is 2.35. The number of hydrogen-bond donors (Lipinski definition) is 2. The van der Waals surface area contributed by atoms with E-state index in [2.05, 4.69) is 4.98 Å². The highest BCUT2D eigenvalue weighted by molar-refractivity contribution is 5.74. The van der Waals surface area contributed by atoms with Crippen LogP contribution in [0.1, 0.15) is 25.5 Å². The molecule has 14 heavy (non-hydrogen) atoms. The van der Waals surface area contributed by atoms with E-state index in [9.17, 15) is 4.79 Å². The molecule has 4 nitrogen and oxygen atoms in total. The maximum Gasteiger partial charge on any atom is 0.311 e. The lowest BCUT2D eigenvalue weighted by molar-refractivity contribution is -0.148. The van der Waals surface area contributed by atoms with Gasteiger partial charge in [0.05, 0.1) is 5.41 Å². The van der Waals surface area contributed by atoms with Crippen LogP contribution in [-0.2, 0) is 4.79 Å². The quantitative estimate of drug-likeness (QED) is 0.757. The number of aromatic nitrogens is 1. The molecule has 0 amide bonds. The van der Waals surface area contributed by atoms with Crippen LogP contribution in [-0.4, -0.2) is 16.1 Å². The van der Waals surface area contributed by atoms with E-state index in [0.717, 1.165) is 5.56 Å². The minimum Gasteiger partial charge on any atom is -0.481 e. The van der Waals surface area contributed by atoms with Gasteiger partial charge in [-0.15, -0.1) is 0 Å². The summed E-state index contributed by atoms with van der Waals surface area (Å²) in [7, 11) is 0. The van der Waals surface area contributed by atoms with Gasteiger partial charge in [-0.1, -0.05) is 0 Å². The summed E-state index contributed by atoms with van der Waals surface area (Å²) in [5, 5.41) is 8.98. The molecule has 0 fully saturated rings. The highest BCUT2D eigenvalue weighted by atomic mass is 16.4. The van der Waals surface area contributed by atoms with Gasteiger partial charge in [0.1, 0.15) is 0 Å². The zero-order chi connectivity index (χ0) is 10.8. The number of carbonyl (C=O) groups is 1. The smallest absolute Gasteiger partial charge is 0.311 e. The average molecular weight is 194 g/mol. The summed E-state index contributed by atoms with van der Waals surface area (Å²) in [4.78, 5) is 14.8. The Hall–Kier alpha value is -1.42. The van der Waals surface area contributed by atoms with E-state index in [4.69, 9.17) is 10.8 Å². The Morgan fingerprint density at radius 3 is 2.43 bits per heavy atom. The molecule has 1 unspecified atom stereocenters. The van der Waals surface area contributed by atoms with Crippen LogP contribution in [0.25, 0.3) is 0 Å². The third kappa shape index (κ3) is 1.90. The fourth-order valence-corrected chi connectivity index (χ4v) is 1.12. The molecule has 0 radical (unpaired) electrons. The Labute approximate surface area is 82.8 Å². The van der Waals surface area contributed by atoms with Crippen molar-refractivity contribution in [2.24, 2.45) is 11.1 Å². The maximum absolute atomic E-state index is 10.9. The molecule has 0 saturated carbocycles. The first-order valence-corrected chi connectivity index (χ1v) is 4.35. The zero-order valence-corrected chi connectivity index (χ0v) is 8.27. The monoisotopic (exact) mass is 194 g/mol. The minimum atomic E-state index is -0.971. The van der Waals surface area contributed by atoms with Gasteiger partial charge in [-0.05, 0) is 31.5 Å². The number of nitrogens with zero attached hydrogens (tertiary/aromatic N) is 1. The lowest BCUT2D eigenvalue weighted by Crippen LogP contribution is -2.36. The van der Waals surface area contributed by atoms with E-state index in [0.29, 0.717) is 0 Å². The van der Waals surface area contributed by atoms with Crippen LogP contribution in [0.15, 0.2) is 24.5 Å². The first kappa shape index (κ1) is 10.7. The van der Waals surface area contributed by atoms with E-state index in [1.807, 2.05) is 0 Å². The summed E-state index contributed by atoms with van der Waals surface area (Å²) >= 11 is 0. The van der Waals surface area contributed by atoms with E-state index >= 15 is 0 Å². The van der Waals surface area contributed by atoms with Crippen molar-refractivity contribution < 1.29 is 9.90 Å². The molecule has 0 bridgehead atoms. The van der Waals surface area contributed by atoms with Gasteiger partial charge in [0.25, 0.3) is 0 Å².